The van der Waals surface area contributed by atoms with Crippen LogP contribution in [0, 0.1) is 0 Å². The zero-order chi connectivity index (χ0) is 12.3. The largest absolute Gasteiger partial charge is 0.480 e. The van der Waals surface area contributed by atoms with Crippen molar-refractivity contribution >= 4 is 23.8 Å². The van der Waals surface area contributed by atoms with E-state index in [0.717, 1.165) is 30.8 Å². The number of rotatable bonds is 2. The number of thioether (sulfide) groups is 1. The van der Waals surface area contributed by atoms with Gasteiger partial charge in [0.15, 0.2) is 0 Å². The fourth-order valence-electron chi connectivity index (χ4n) is 2.38. The summed E-state index contributed by atoms with van der Waals surface area (Å²) in [6.45, 7) is 0.558. The molecule has 2 heterocycles. The monoisotopic (exact) mass is 258 g/mol. The first-order valence-electron chi connectivity index (χ1n) is 6.06. The third kappa shape index (κ3) is 3.06. The van der Waals surface area contributed by atoms with Gasteiger partial charge in [-0.25, -0.2) is 9.59 Å². The molecule has 2 saturated heterocycles. The number of likely N-dealkylation sites (tertiary alicyclic amines) is 1. The van der Waals surface area contributed by atoms with E-state index in [-0.39, 0.29) is 12.1 Å². The SMILES string of the molecule is O=C(O)C1CCCN1C(=O)NC1CCCSC1. The summed E-state index contributed by atoms with van der Waals surface area (Å²) in [6.07, 6.45) is 3.48. The van der Waals surface area contributed by atoms with Crippen LogP contribution in [-0.2, 0) is 4.79 Å². The number of carboxylic acids is 1. The van der Waals surface area contributed by atoms with Crippen molar-refractivity contribution in [1.29, 1.82) is 0 Å². The maximum atomic E-state index is 12.0. The summed E-state index contributed by atoms with van der Waals surface area (Å²) in [7, 11) is 0. The van der Waals surface area contributed by atoms with Crippen molar-refractivity contribution in [1.82, 2.24) is 10.2 Å². The molecule has 2 atom stereocenters. The molecule has 0 radical (unpaired) electrons. The second kappa shape index (κ2) is 5.62. The summed E-state index contributed by atoms with van der Waals surface area (Å²) < 4.78 is 0. The molecule has 0 bridgehead atoms. The highest BCUT2D eigenvalue weighted by Crippen LogP contribution is 2.20. The van der Waals surface area contributed by atoms with E-state index in [4.69, 9.17) is 5.11 Å². The van der Waals surface area contributed by atoms with E-state index in [0.29, 0.717) is 13.0 Å². The normalized spacial score (nSPS) is 29.1. The van der Waals surface area contributed by atoms with Crippen molar-refractivity contribution in [2.75, 3.05) is 18.1 Å². The van der Waals surface area contributed by atoms with Gasteiger partial charge in [0.1, 0.15) is 6.04 Å². The van der Waals surface area contributed by atoms with Crippen LogP contribution in [-0.4, -0.2) is 52.1 Å². The lowest BCUT2D eigenvalue weighted by atomic mass is 10.2. The Morgan fingerprint density at radius 3 is 2.76 bits per heavy atom. The van der Waals surface area contributed by atoms with Crippen LogP contribution in [0.15, 0.2) is 0 Å². The molecule has 0 saturated carbocycles. The van der Waals surface area contributed by atoms with Crippen molar-refractivity contribution in [3.63, 3.8) is 0 Å². The Labute approximate surface area is 105 Å². The fourth-order valence-corrected chi connectivity index (χ4v) is 3.45. The van der Waals surface area contributed by atoms with Gasteiger partial charge in [-0.3, -0.25) is 0 Å². The van der Waals surface area contributed by atoms with Crippen LogP contribution >= 0.6 is 11.8 Å². The van der Waals surface area contributed by atoms with Crippen molar-refractivity contribution in [2.24, 2.45) is 0 Å². The van der Waals surface area contributed by atoms with E-state index in [2.05, 4.69) is 5.32 Å². The first-order valence-corrected chi connectivity index (χ1v) is 7.21. The number of aliphatic carboxylic acids is 1. The number of hydrogen-bond donors (Lipinski definition) is 2. The fraction of sp³-hybridized carbons (Fsp3) is 0.818. The second-order valence-electron chi connectivity index (χ2n) is 4.55. The van der Waals surface area contributed by atoms with Crippen LogP contribution < -0.4 is 5.32 Å². The van der Waals surface area contributed by atoms with Gasteiger partial charge in [0, 0.05) is 18.3 Å². The van der Waals surface area contributed by atoms with E-state index in [1.54, 1.807) is 0 Å². The molecule has 2 rings (SSSR count). The molecular weight excluding hydrogens is 240 g/mol. The van der Waals surface area contributed by atoms with E-state index < -0.39 is 12.0 Å². The molecule has 2 fully saturated rings. The molecule has 2 aliphatic heterocycles. The Kier molecular flexibility index (Phi) is 4.15. The Bertz CT molecular complexity index is 305. The minimum absolute atomic E-state index is 0.205. The molecule has 0 aromatic carbocycles. The Morgan fingerprint density at radius 1 is 1.29 bits per heavy atom. The number of hydrogen-bond acceptors (Lipinski definition) is 3. The quantitative estimate of drug-likeness (QED) is 0.779. The lowest BCUT2D eigenvalue weighted by Crippen LogP contribution is -2.50. The highest BCUT2D eigenvalue weighted by Gasteiger charge is 2.34. The molecule has 0 aliphatic carbocycles. The van der Waals surface area contributed by atoms with Gasteiger partial charge >= 0.3 is 12.0 Å². The van der Waals surface area contributed by atoms with Gasteiger partial charge in [0.05, 0.1) is 0 Å². The van der Waals surface area contributed by atoms with Gasteiger partial charge in [-0.05, 0) is 31.4 Å². The molecular formula is C11H18N2O3S. The van der Waals surface area contributed by atoms with Crippen molar-refractivity contribution in [3.8, 4) is 0 Å². The average molecular weight is 258 g/mol. The molecule has 0 aromatic rings. The zero-order valence-corrected chi connectivity index (χ0v) is 10.5. The van der Waals surface area contributed by atoms with Crippen LogP contribution in [0.1, 0.15) is 25.7 Å². The van der Waals surface area contributed by atoms with Gasteiger partial charge in [-0.2, -0.15) is 11.8 Å². The lowest BCUT2D eigenvalue weighted by Gasteiger charge is -2.27. The predicted molar refractivity (Wildman–Crippen MR) is 66.2 cm³/mol. The summed E-state index contributed by atoms with van der Waals surface area (Å²) >= 11 is 1.85. The van der Waals surface area contributed by atoms with Gasteiger partial charge < -0.3 is 15.3 Å². The summed E-state index contributed by atoms with van der Waals surface area (Å²) in [5, 5.41) is 12.0. The van der Waals surface area contributed by atoms with E-state index in [1.807, 2.05) is 11.8 Å². The lowest BCUT2D eigenvalue weighted by molar-refractivity contribution is -0.141. The van der Waals surface area contributed by atoms with Crippen molar-refractivity contribution < 1.29 is 14.7 Å². The number of nitrogens with one attached hydrogen (secondary N) is 1. The highest BCUT2D eigenvalue weighted by molar-refractivity contribution is 7.99. The van der Waals surface area contributed by atoms with Crippen molar-refractivity contribution in [3.05, 3.63) is 0 Å². The summed E-state index contributed by atoms with van der Waals surface area (Å²) in [4.78, 5) is 24.4. The van der Waals surface area contributed by atoms with Crippen LogP contribution in [0.3, 0.4) is 0 Å². The topological polar surface area (TPSA) is 69.6 Å². The van der Waals surface area contributed by atoms with E-state index in [9.17, 15) is 9.59 Å². The minimum Gasteiger partial charge on any atom is -0.480 e. The maximum Gasteiger partial charge on any atom is 0.326 e. The first kappa shape index (κ1) is 12.5. The number of carboxylic acid groups (broad SMARTS) is 1. The molecule has 17 heavy (non-hydrogen) atoms. The van der Waals surface area contributed by atoms with E-state index in [1.165, 1.54) is 4.90 Å². The maximum absolute atomic E-state index is 12.0. The summed E-state index contributed by atoms with van der Waals surface area (Å²) in [5.41, 5.74) is 0. The molecule has 2 amide bonds. The van der Waals surface area contributed by atoms with Gasteiger partial charge in [0.2, 0.25) is 0 Å². The Hall–Kier alpha value is -0.910. The van der Waals surface area contributed by atoms with Gasteiger partial charge in [-0.1, -0.05) is 0 Å². The van der Waals surface area contributed by atoms with Crippen LogP contribution in [0.2, 0.25) is 0 Å². The number of amides is 2. The highest BCUT2D eigenvalue weighted by atomic mass is 32.2. The van der Waals surface area contributed by atoms with Gasteiger partial charge in [-0.15, -0.1) is 0 Å². The van der Waals surface area contributed by atoms with Crippen LogP contribution in [0.25, 0.3) is 0 Å². The third-order valence-corrected chi connectivity index (χ3v) is 4.50. The smallest absolute Gasteiger partial charge is 0.326 e. The number of carbonyl (C=O) groups excluding carboxylic acids is 1. The summed E-state index contributed by atoms with van der Waals surface area (Å²) in [5.74, 6) is 1.21. The van der Waals surface area contributed by atoms with Crippen LogP contribution in [0.4, 0.5) is 4.79 Å². The number of carbonyl (C=O) groups is 2. The second-order valence-corrected chi connectivity index (χ2v) is 5.70. The molecule has 2 aliphatic rings. The van der Waals surface area contributed by atoms with Crippen LogP contribution in [0.5, 0.6) is 0 Å². The Morgan fingerprint density at radius 2 is 2.12 bits per heavy atom. The third-order valence-electron chi connectivity index (χ3n) is 3.29. The summed E-state index contributed by atoms with van der Waals surface area (Å²) in [6, 6.07) is -0.634. The zero-order valence-electron chi connectivity index (χ0n) is 9.72. The first-order chi connectivity index (χ1) is 8.18. The molecule has 0 aromatic heterocycles. The molecule has 2 unspecified atom stereocenters. The minimum atomic E-state index is -0.893. The number of urea groups is 1. The molecule has 96 valence electrons. The van der Waals surface area contributed by atoms with Crippen molar-refractivity contribution in [2.45, 2.75) is 37.8 Å². The Balaban J connectivity index is 1.88. The standard InChI is InChI=1S/C11H18N2O3S/c14-10(15)9-4-1-5-13(9)11(16)12-8-3-2-6-17-7-8/h8-9H,1-7H2,(H,12,16)(H,14,15). The molecule has 0 spiro atoms. The average Bonchev–Trinajstić information content (AvgIpc) is 2.79. The molecule has 6 heteroatoms. The molecule has 5 nitrogen and oxygen atoms in total. The predicted octanol–water partition coefficient (Wildman–Crippen LogP) is 1.14. The van der Waals surface area contributed by atoms with E-state index >= 15 is 0 Å². The molecule has 2 N–H and O–H groups in total. The van der Waals surface area contributed by atoms with Gasteiger partial charge in [0.25, 0.3) is 0 Å². The number of nitrogens with zero attached hydrogens (tertiary/aromatic N) is 1.